The number of benzodiazepines with no additional fused rings is 1. The molecular weight excluding hydrogens is 558 g/mol. The molecule has 3 N–H and O–H groups in total. The molecule has 222 valence electrons. The SMILES string of the molecule is COc1ccc2c(c1)C(c1ccccc1)=NC(NC(=O)[C@H](CCC(F)(F)F)[C@H](CCC(F)(F)F)C(N)=O)C(=O)N2C. The number of likely N-dealkylation sites (N-methyl/N-ethyl adjacent to an activating group) is 1. The smallest absolute Gasteiger partial charge is 0.389 e. The number of nitrogens with two attached hydrogens (primary N) is 1. The van der Waals surface area contributed by atoms with Gasteiger partial charge in [-0.05, 0) is 31.0 Å². The van der Waals surface area contributed by atoms with E-state index in [1.54, 1.807) is 48.5 Å². The first-order valence-corrected chi connectivity index (χ1v) is 12.4. The lowest BCUT2D eigenvalue weighted by Crippen LogP contribution is -2.50. The van der Waals surface area contributed by atoms with Gasteiger partial charge in [-0.2, -0.15) is 26.3 Å². The predicted octanol–water partition coefficient (Wildman–Crippen LogP) is 4.35. The second-order valence-corrected chi connectivity index (χ2v) is 9.46. The Labute approximate surface area is 231 Å². The maximum Gasteiger partial charge on any atom is 0.389 e. The van der Waals surface area contributed by atoms with Crippen molar-refractivity contribution in [3.8, 4) is 5.75 Å². The van der Waals surface area contributed by atoms with Gasteiger partial charge in [-0.3, -0.25) is 14.4 Å². The number of benzene rings is 2. The molecule has 14 heteroatoms. The standard InChI is InChI=1S/C27H28F6N4O4/c1-37-20-9-8-16(41-2)14-19(20)21(15-6-4-3-5-7-15)35-23(25(37)40)36-24(39)18(11-13-27(31,32)33)17(22(34)38)10-12-26(28,29)30/h3-9,14,17-18,23H,10-13H2,1-2H3,(H2,34,38)(H,36,39)/t17-,18+,23?/m0/s1. The fourth-order valence-electron chi connectivity index (χ4n) is 4.54. The summed E-state index contributed by atoms with van der Waals surface area (Å²) in [7, 11) is 2.83. The average molecular weight is 587 g/mol. The van der Waals surface area contributed by atoms with Gasteiger partial charge in [0, 0.05) is 42.9 Å². The van der Waals surface area contributed by atoms with Gasteiger partial charge in [-0.15, -0.1) is 0 Å². The number of nitrogens with zero attached hydrogens (tertiary/aromatic N) is 2. The van der Waals surface area contributed by atoms with E-state index in [1.807, 2.05) is 0 Å². The van der Waals surface area contributed by atoms with E-state index in [-0.39, 0.29) is 5.71 Å². The quantitative estimate of drug-likeness (QED) is 0.403. The van der Waals surface area contributed by atoms with E-state index < -0.39 is 73.8 Å². The van der Waals surface area contributed by atoms with E-state index in [0.717, 1.165) is 0 Å². The van der Waals surface area contributed by atoms with E-state index in [0.29, 0.717) is 22.6 Å². The first-order chi connectivity index (χ1) is 19.1. The average Bonchev–Trinajstić information content (AvgIpc) is 2.99. The normalized spacial score (nSPS) is 17.2. The zero-order valence-electron chi connectivity index (χ0n) is 22.1. The zero-order valence-corrected chi connectivity index (χ0v) is 22.1. The monoisotopic (exact) mass is 586 g/mol. The van der Waals surface area contributed by atoms with Crippen molar-refractivity contribution in [3.63, 3.8) is 0 Å². The summed E-state index contributed by atoms with van der Waals surface area (Å²) in [4.78, 5) is 44.5. The molecule has 0 aliphatic carbocycles. The van der Waals surface area contributed by atoms with Crippen molar-refractivity contribution >= 4 is 29.1 Å². The summed E-state index contributed by atoms with van der Waals surface area (Å²) in [6, 6.07) is 13.3. The minimum atomic E-state index is -4.78. The highest BCUT2D eigenvalue weighted by atomic mass is 19.4. The Kier molecular flexibility index (Phi) is 9.66. The van der Waals surface area contributed by atoms with Crippen LogP contribution in [0.3, 0.4) is 0 Å². The Morgan fingerprint density at radius 1 is 1.00 bits per heavy atom. The van der Waals surface area contributed by atoms with Crippen molar-refractivity contribution in [2.24, 2.45) is 22.6 Å². The zero-order chi connectivity index (χ0) is 30.5. The highest BCUT2D eigenvalue weighted by Crippen LogP contribution is 2.34. The van der Waals surface area contributed by atoms with Gasteiger partial charge >= 0.3 is 12.4 Å². The van der Waals surface area contributed by atoms with Crippen molar-refractivity contribution in [1.29, 1.82) is 0 Å². The number of halogens is 6. The van der Waals surface area contributed by atoms with Gasteiger partial charge < -0.3 is 20.7 Å². The Hall–Kier alpha value is -4.10. The fourth-order valence-corrected chi connectivity index (χ4v) is 4.54. The number of aliphatic imine (C=N–C) groups is 1. The fraction of sp³-hybridized carbons (Fsp3) is 0.407. The molecule has 0 radical (unpaired) electrons. The van der Waals surface area contributed by atoms with Crippen LogP contribution in [0.4, 0.5) is 32.0 Å². The summed E-state index contributed by atoms with van der Waals surface area (Å²) in [5.74, 6) is -6.76. The van der Waals surface area contributed by atoms with Gasteiger partial charge in [0.25, 0.3) is 5.91 Å². The summed E-state index contributed by atoms with van der Waals surface area (Å²) in [5, 5.41) is 2.27. The number of rotatable bonds is 10. The molecule has 0 fully saturated rings. The Balaban J connectivity index is 2.05. The van der Waals surface area contributed by atoms with Crippen LogP contribution < -0.4 is 20.7 Å². The molecule has 0 bridgehead atoms. The maximum absolute atomic E-state index is 13.4. The molecule has 0 aromatic heterocycles. The number of fused-ring (bicyclic) bond motifs is 1. The number of amides is 3. The molecule has 3 amide bonds. The highest BCUT2D eigenvalue weighted by Gasteiger charge is 2.41. The van der Waals surface area contributed by atoms with E-state index in [2.05, 4.69) is 10.3 Å². The lowest BCUT2D eigenvalue weighted by atomic mass is 9.83. The van der Waals surface area contributed by atoms with E-state index in [4.69, 9.17) is 10.5 Å². The van der Waals surface area contributed by atoms with Crippen LogP contribution >= 0.6 is 0 Å². The van der Waals surface area contributed by atoms with Crippen LogP contribution in [-0.4, -0.2) is 56.1 Å². The number of alkyl halides is 6. The summed E-state index contributed by atoms with van der Waals surface area (Å²) >= 11 is 0. The molecule has 41 heavy (non-hydrogen) atoms. The summed E-state index contributed by atoms with van der Waals surface area (Å²) < 4.78 is 83.3. The van der Waals surface area contributed by atoms with Gasteiger partial charge in [0.2, 0.25) is 18.0 Å². The molecule has 2 aromatic carbocycles. The van der Waals surface area contributed by atoms with Gasteiger partial charge in [0.05, 0.1) is 18.5 Å². The third-order valence-corrected chi connectivity index (χ3v) is 6.63. The van der Waals surface area contributed by atoms with E-state index in [1.165, 1.54) is 19.1 Å². The number of hydrogen-bond donors (Lipinski definition) is 2. The van der Waals surface area contributed by atoms with Crippen LogP contribution in [0.15, 0.2) is 53.5 Å². The van der Waals surface area contributed by atoms with Crippen LogP contribution in [0.5, 0.6) is 5.75 Å². The van der Waals surface area contributed by atoms with Crippen molar-refractivity contribution < 1.29 is 45.5 Å². The van der Waals surface area contributed by atoms with Gasteiger partial charge in [-0.25, -0.2) is 4.99 Å². The minimum absolute atomic E-state index is 0.234. The predicted molar refractivity (Wildman–Crippen MR) is 137 cm³/mol. The molecule has 1 heterocycles. The summed E-state index contributed by atoms with van der Waals surface area (Å²) in [6.07, 6.45) is -16.4. The van der Waals surface area contributed by atoms with Gasteiger partial charge in [0.1, 0.15) is 5.75 Å². The molecule has 1 aliphatic rings. The molecular formula is C27H28F6N4O4. The first kappa shape index (κ1) is 31.4. The molecule has 0 saturated carbocycles. The van der Waals surface area contributed by atoms with Gasteiger partial charge in [0.15, 0.2) is 0 Å². The number of anilines is 1. The van der Waals surface area contributed by atoms with Crippen LogP contribution in [0, 0.1) is 11.8 Å². The highest BCUT2D eigenvalue weighted by molar-refractivity contribution is 6.20. The molecule has 1 aliphatic heterocycles. The Bertz CT molecular complexity index is 1300. The van der Waals surface area contributed by atoms with Gasteiger partial charge in [-0.1, -0.05) is 30.3 Å². The number of nitrogens with one attached hydrogen (secondary N) is 1. The largest absolute Gasteiger partial charge is 0.497 e. The number of carbonyl (C=O) groups excluding carboxylic acids is 3. The third-order valence-electron chi connectivity index (χ3n) is 6.63. The molecule has 1 unspecified atom stereocenters. The summed E-state index contributed by atoms with van der Waals surface area (Å²) in [5.41, 5.74) is 6.83. The molecule has 0 spiro atoms. The van der Waals surface area contributed by atoms with Crippen LogP contribution in [0.25, 0.3) is 0 Å². The van der Waals surface area contributed by atoms with Crippen molar-refractivity contribution in [1.82, 2.24) is 5.32 Å². The van der Waals surface area contributed by atoms with Crippen LogP contribution in [-0.2, 0) is 14.4 Å². The minimum Gasteiger partial charge on any atom is -0.497 e. The lowest BCUT2D eigenvalue weighted by molar-refractivity contribution is -0.152. The second kappa shape index (κ2) is 12.6. The number of carbonyl (C=O) groups is 3. The number of methoxy groups -OCH3 is 1. The Morgan fingerprint density at radius 2 is 1.59 bits per heavy atom. The second-order valence-electron chi connectivity index (χ2n) is 9.46. The lowest BCUT2D eigenvalue weighted by Gasteiger charge is -2.27. The number of hydrogen-bond acceptors (Lipinski definition) is 5. The van der Waals surface area contributed by atoms with Crippen LogP contribution in [0.2, 0.25) is 0 Å². The summed E-state index contributed by atoms with van der Waals surface area (Å²) in [6.45, 7) is 0. The topological polar surface area (TPSA) is 114 Å². The van der Waals surface area contributed by atoms with E-state index >= 15 is 0 Å². The molecule has 3 rings (SSSR count). The number of ether oxygens (including phenoxy) is 1. The first-order valence-electron chi connectivity index (χ1n) is 12.4. The third kappa shape index (κ3) is 8.21. The van der Waals surface area contributed by atoms with Crippen LogP contribution in [0.1, 0.15) is 36.8 Å². The van der Waals surface area contributed by atoms with Crippen molar-refractivity contribution in [3.05, 3.63) is 59.7 Å². The Morgan fingerprint density at radius 3 is 2.12 bits per heavy atom. The van der Waals surface area contributed by atoms with Crippen molar-refractivity contribution in [2.45, 2.75) is 44.2 Å². The molecule has 0 saturated heterocycles. The van der Waals surface area contributed by atoms with E-state index in [9.17, 15) is 40.7 Å². The molecule has 8 nitrogen and oxygen atoms in total. The molecule has 3 atom stereocenters. The number of primary amides is 1. The molecule has 2 aromatic rings. The van der Waals surface area contributed by atoms with Crippen molar-refractivity contribution in [2.75, 3.05) is 19.1 Å². The maximum atomic E-state index is 13.4.